The molecule has 0 saturated carbocycles. The van der Waals surface area contributed by atoms with Crippen LogP contribution in [0.25, 0.3) is 0 Å². The van der Waals surface area contributed by atoms with Crippen LogP contribution in [0.5, 0.6) is 11.5 Å². The van der Waals surface area contributed by atoms with Crippen molar-refractivity contribution in [3.05, 3.63) is 106 Å². The molecule has 3 heterocycles. The molecule has 1 N–H and O–H groups in total. The van der Waals surface area contributed by atoms with Gasteiger partial charge in [-0.15, -0.1) is 0 Å². The molecule has 2 aromatic carbocycles. The zero-order valence-corrected chi connectivity index (χ0v) is 17.3. The molecule has 0 fully saturated rings. The van der Waals surface area contributed by atoms with E-state index in [0.29, 0.717) is 11.1 Å². The van der Waals surface area contributed by atoms with Crippen molar-refractivity contribution in [2.45, 2.75) is 6.04 Å². The lowest BCUT2D eigenvalue weighted by Crippen LogP contribution is -2.55. The van der Waals surface area contributed by atoms with Crippen LogP contribution in [0.2, 0.25) is 0 Å². The number of aromatic hydroxyl groups is 1. The largest absolute Gasteiger partial charge is 0.502 e. The lowest BCUT2D eigenvalue weighted by molar-refractivity contribution is 0.0701. The molecule has 0 aliphatic carbocycles. The van der Waals surface area contributed by atoms with E-state index in [1.165, 1.54) is 21.8 Å². The summed E-state index contributed by atoms with van der Waals surface area (Å²) in [6.45, 7) is 0.180. The molecule has 5 rings (SSSR count). The quantitative estimate of drug-likeness (QED) is 0.576. The number of nitrogens with zero attached hydrogens (tertiary/aromatic N) is 3. The van der Waals surface area contributed by atoms with Gasteiger partial charge in [0.1, 0.15) is 19.3 Å². The molecule has 1 unspecified atom stereocenters. The molecule has 2 bridgehead atoms. The van der Waals surface area contributed by atoms with Crippen molar-refractivity contribution in [3.63, 3.8) is 0 Å². The maximum atomic E-state index is 14.9. The Morgan fingerprint density at radius 3 is 2.58 bits per heavy atom. The van der Waals surface area contributed by atoms with Crippen molar-refractivity contribution in [2.24, 2.45) is 0 Å². The number of carbonyl (C=O) groups is 1. The molecule has 1 amide bonds. The van der Waals surface area contributed by atoms with Crippen LogP contribution in [0.15, 0.2) is 71.7 Å². The minimum atomic E-state index is -1.12. The molecule has 0 spiro atoms. The Labute approximate surface area is 187 Å². The van der Waals surface area contributed by atoms with Crippen LogP contribution >= 0.6 is 0 Å². The van der Waals surface area contributed by atoms with E-state index in [9.17, 15) is 23.5 Å². The first-order chi connectivity index (χ1) is 16.0. The maximum Gasteiger partial charge on any atom is 0.278 e. The van der Waals surface area contributed by atoms with Gasteiger partial charge in [-0.25, -0.2) is 4.39 Å². The fourth-order valence-corrected chi connectivity index (χ4v) is 4.19. The van der Waals surface area contributed by atoms with Gasteiger partial charge < -0.3 is 14.7 Å². The van der Waals surface area contributed by atoms with E-state index < -0.39 is 34.8 Å². The van der Waals surface area contributed by atoms with Gasteiger partial charge in [-0.2, -0.15) is 4.39 Å². The van der Waals surface area contributed by atoms with Crippen LogP contribution < -0.4 is 15.2 Å². The standard InChI is InChI=1S/C24H19F2N3O4/c25-17-9-8-16-20(15-6-2-1-3-7-15)29-14-27(11-4-5-13-33-23(16)19(17)26)24(32)21-22(31)18(30)10-12-28(21)29/h1-10,12,20,31H,11,13-14H2/b5-4-. The molecule has 1 atom stereocenters. The highest BCUT2D eigenvalue weighted by Gasteiger charge is 2.38. The predicted octanol–water partition coefficient (Wildman–Crippen LogP) is 2.92. The Bertz CT molecular complexity index is 1320. The monoisotopic (exact) mass is 451 g/mol. The number of aromatic nitrogens is 1. The summed E-state index contributed by atoms with van der Waals surface area (Å²) in [5, 5.41) is 12.2. The molecule has 2 aliphatic rings. The van der Waals surface area contributed by atoms with Gasteiger partial charge in [-0.05, 0) is 23.8 Å². The molecule has 9 heteroatoms. The van der Waals surface area contributed by atoms with Crippen LogP contribution in [-0.4, -0.2) is 40.4 Å². The van der Waals surface area contributed by atoms with Gasteiger partial charge in [-0.1, -0.05) is 36.4 Å². The van der Waals surface area contributed by atoms with Crippen molar-refractivity contribution in [1.29, 1.82) is 0 Å². The number of hydrogen-bond acceptors (Lipinski definition) is 5. The topological polar surface area (TPSA) is 75.0 Å². The first-order valence-electron chi connectivity index (χ1n) is 10.3. The minimum absolute atomic E-state index is 0.0348. The number of benzene rings is 2. The first-order valence-corrected chi connectivity index (χ1v) is 10.3. The number of carbonyl (C=O) groups excluding carboxylic acids is 1. The smallest absolute Gasteiger partial charge is 0.278 e. The van der Waals surface area contributed by atoms with Crippen molar-refractivity contribution < 1.29 is 23.4 Å². The third kappa shape index (κ3) is 3.42. The third-order valence-corrected chi connectivity index (χ3v) is 5.74. The SMILES string of the molecule is O=C1c2c(O)c(=O)ccn2N2CN1C/C=C\COc1c(ccc(F)c1F)C2c1ccccc1. The molecule has 0 saturated heterocycles. The van der Waals surface area contributed by atoms with E-state index in [-0.39, 0.29) is 31.3 Å². The normalized spacial score (nSPS) is 18.6. The van der Waals surface area contributed by atoms with Gasteiger partial charge >= 0.3 is 0 Å². The zero-order valence-electron chi connectivity index (χ0n) is 17.3. The summed E-state index contributed by atoms with van der Waals surface area (Å²) in [7, 11) is 0. The van der Waals surface area contributed by atoms with E-state index in [0.717, 1.165) is 12.1 Å². The molecular formula is C24H19F2N3O4. The molecule has 2 aliphatic heterocycles. The van der Waals surface area contributed by atoms with Gasteiger partial charge in [0.25, 0.3) is 5.91 Å². The number of rotatable bonds is 1. The number of ether oxygens (including phenoxy) is 1. The second kappa shape index (κ2) is 8.09. The van der Waals surface area contributed by atoms with Gasteiger partial charge in [0.2, 0.25) is 11.2 Å². The van der Waals surface area contributed by atoms with Crippen LogP contribution in [0.3, 0.4) is 0 Å². The molecule has 168 valence electrons. The fourth-order valence-electron chi connectivity index (χ4n) is 4.19. The minimum Gasteiger partial charge on any atom is -0.502 e. The number of fused-ring (bicyclic) bond motifs is 5. The summed E-state index contributed by atoms with van der Waals surface area (Å²) in [4.78, 5) is 26.7. The fraction of sp³-hybridized carbons (Fsp3) is 0.167. The van der Waals surface area contributed by atoms with E-state index in [4.69, 9.17) is 4.74 Å². The second-order valence-electron chi connectivity index (χ2n) is 7.71. The zero-order chi connectivity index (χ0) is 23.1. The number of halogens is 2. The van der Waals surface area contributed by atoms with E-state index in [1.54, 1.807) is 29.3 Å². The van der Waals surface area contributed by atoms with Gasteiger partial charge in [-0.3, -0.25) is 19.3 Å². The Morgan fingerprint density at radius 1 is 1.00 bits per heavy atom. The summed E-state index contributed by atoms with van der Waals surface area (Å²) in [5.41, 5.74) is 0.143. The van der Waals surface area contributed by atoms with Crippen LogP contribution in [0, 0.1) is 11.6 Å². The van der Waals surface area contributed by atoms with Crippen molar-refractivity contribution >= 4 is 5.91 Å². The van der Waals surface area contributed by atoms with Gasteiger partial charge in [0, 0.05) is 24.4 Å². The first kappa shape index (κ1) is 20.7. The average Bonchev–Trinajstić information content (AvgIpc) is 2.85. The average molecular weight is 451 g/mol. The van der Waals surface area contributed by atoms with E-state index in [1.807, 2.05) is 18.2 Å². The van der Waals surface area contributed by atoms with Crippen molar-refractivity contribution in [1.82, 2.24) is 9.58 Å². The number of pyridine rings is 1. The van der Waals surface area contributed by atoms with Crippen molar-refractivity contribution in [2.75, 3.05) is 24.8 Å². The van der Waals surface area contributed by atoms with Crippen molar-refractivity contribution in [3.8, 4) is 11.5 Å². The summed E-state index contributed by atoms with van der Waals surface area (Å²) in [6, 6.07) is 11.9. The summed E-state index contributed by atoms with van der Waals surface area (Å²) in [5.74, 6) is -3.61. The molecular weight excluding hydrogens is 432 g/mol. The molecule has 1 aromatic heterocycles. The third-order valence-electron chi connectivity index (χ3n) is 5.74. The van der Waals surface area contributed by atoms with E-state index >= 15 is 0 Å². The Balaban J connectivity index is 1.83. The number of hydrogen-bond donors (Lipinski definition) is 1. The molecule has 33 heavy (non-hydrogen) atoms. The molecule has 7 nitrogen and oxygen atoms in total. The number of amides is 1. The van der Waals surface area contributed by atoms with Crippen LogP contribution in [-0.2, 0) is 0 Å². The predicted molar refractivity (Wildman–Crippen MR) is 116 cm³/mol. The lowest BCUT2D eigenvalue weighted by Gasteiger charge is -2.43. The highest BCUT2D eigenvalue weighted by atomic mass is 19.2. The van der Waals surface area contributed by atoms with Crippen LogP contribution in [0.4, 0.5) is 8.78 Å². The second-order valence-corrected chi connectivity index (χ2v) is 7.71. The van der Waals surface area contributed by atoms with E-state index in [2.05, 4.69) is 0 Å². The summed E-state index contributed by atoms with van der Waals surface area (Å²) in [6.07, 6.45) is 4.64. The summed E-state index contributed by atoms with van der Waals surface area (Å²) < 4.78 is 36.1. The Kier molecular flexibility index (Phi) is 5.08. The lowest BCUT2D eigenvalue weighted by atomic mass is 9.96. The van der Waals surface area contributed by atoms with Crippen LogP contribution in [0.1, 0.15) is 27.7 Å². The highest BCUT2D eigenvalue weighted by molar-refractivity contribution is 5.96. The van der Waals surface area contributed by atoms with Gasteiger partial charge in [0.15, 0.2) is 23.0 Å². The van der Waals surface area contributed by atoms with Gasteiger partial charge in [0.05, 0.1) is 0 Å². The Hall–Kier alpha value is -4.14. The highest BCUT2D eigenvalue weighted by Crippen LogP contribution is 2.38. The molecule has 0 radical (unpaired) electrons. The summed E-state index contributed by atoms with van der Waals surface area (Å²) >= 11 is 0. The molecule has 3 aromatic rings. The maximum absolute atomic E-state index is 14.9. The Morgan fingerprint density at radius 2 is 1.79 bits per heavy atom.